The normalized spacial score (nSPS) is 26.1. The minimum absolute atomic E-state index is 0.312. The summed E-state index contributed by atoms with van der Waals surface area (Å²) in [5.74, 6) is 1.98. The number of phosphoric acid groups is 2. The van der Waals surface area contributed by atoms with Crippen molar-refractivity contribution in [2.45, 2.75) is 24.5 Å². The van der Waals surface area contributed by atoms with E-state index in [-0.39, 0.29) is 5.56 Å². The average Bonchev–Trinajstić information content (AvgIpc) is 2.80. The number of hydrogen-bond donors (Lipinski definition) is 6. The zero-order valence-electron chi connectivity index (χ0n) is 13.1. The molecule has 1 aromatic rings. The standard InChI is InChI=1S/C11H14N2O12P2/c1-2-5-3-13(11(16)12-9(5)15)10-7(14)8(25-27(20,21)22)6(24-10)4-23-26(17,18)19/h1,3,6-8,10,14H,4H2,(H,12,15,16)(H2,17,18,19)(H2,20,21,22)/t6-,7-,8-,10-/m1/s1. The van der Waals surface area contributed by atoms with Crippen LogP contribution in [0.3, 0.4) is 0 Å². The molecule has 0 spiro atoms. The fraction of sp³-hybridized carbons (Fsp3) is 0.455. The third-order valence-corrected chi connectivity index (χ3v) is 4.38. The quantitative estimate of drug-likeness (QED) is 0.202. The zero-order valence-corrected chi connectivity index (χ0v) is 14.9. The van der Waals surface area contributed by atoms with Crippen LogP contribution in [0.5, 0.6) is 0 Å². The number of aliphatic hydroxyl groups is 1. The molecule has 1 aromatic heterocycles. The first-order valence-electron chi connectivity index (χ1n) is 6.92. The van der Waals surface area contributed by atoms with E-state index in [0.29, 0.717) is 4.57 Å². The summed E-state index contributed by atoms with van der Waals surface area (Å²) in [4.78, 5) is 60.7. The molecule has 1 aliphatic heterocycles. The maximum absolute atomic E-state index is 12.0. The molecule has 16 heteroatoms. The lowest BCUT2D eigenvalue weighted by atomic mass is 10.1. The van der Waals surface area contributed by atoms with E-state index in [9.17, 15) is 23.8 Å². The number of nitrogens with zero attached hydrogens (tertiary/aromatic N) is 1. The smallest absolute Gasteiger partial charge is 0.386 e. The number of phosphoric ester groups is 2. The van der Waals surface area contributed by atoms with Crippen molar-refractivity contribution in [3.63, 3.8) is 0 Å². The first kappa shape index (κ1) is 21.7. The van der Waals surface area contributed by atoms with Crippen molar-refractivity contribution in [1.29, 1.82) is 0 Å². The van der Waals surface area contributed by atoms with Gasteiger partial charge in [-0.05, 0) is 0 Å². The van der Waals surface area contributed by atoms with Crippen LogP contribution in [0, 0.1) is 12.3 Å². The number of aromatic nitrogens is 2. The number of ether oxygens (including phenoxy) is 1. The second-order valence-corrected chi connectivity index (χ2v) is 7.69. The van der Waals surface area contributed by atoms with Gasteiger partial charge in [-0.25, -0.2) is 13.9 Å². The largest absolute Gasteiger partial charge is 0.470 e. The van der Waals surface area contributed by atoms with Crippen LogP contribution in [0.1, 0.15) is 11.8 Å². The number of H-pyrrole nitrogens is 1. The summed E-state index contributed by atoms with van der Waals surface area (Å²) in [5.41, 5.74) is -2.28. The third-order valence-electron chi connectivity index (χ3n) is 3.37. The van der Waals surface area contributed by atoms with Gasteiger partial charge in [0.2, 0.25) is 0 Å². The second kappa shape index (κ2) is 7.78. The fourth-order valence-corrected chi connectivity index (χ4v) is 3.24. The van der Waals surface area contributed by atoms with Crippen molar-refractivity contribution in [2.75, 3.05) is 6.61 Å². The van der Waals surface area contributed by atoms with Crippen LogP contribution in [-0.2, 0) is 22.9 Å². The Morgan fingerprint density at radius 2 is 1.89 bits per heavy atom. The van der Waals surface area contributed by atoms with Gasteiger partial charge in [-0.15, -0.1) is 6.42 Å². The van der Waals surface area contributed by atoms with Crippen molar-refractivity contribution < 1.29 is 47.6 Å². The van der Waals surface area contributed by atoms with E-state index >= 15 is 0 Å². The van der Waals surface area contributed by atoms with Gasteiger partial charge in [0.15, 0.2) is 6.23 Å². The van der Waals surface area contributed by atoms with Gasteiger partial charge in [-0.2, -0.15) is 0 Å². The van der Waals surface area contributed by atoms with Crippen molar-refractivity contribution in [3.05, 3.63) is 32.6 Å². The van der Waals surface area contributed by atoms with E-state index in [2.05, 4.69) is 9.05 Å². The Balaban J connectivity index is 2.40. The van der Waals surface area contributed by atoms with Gasteiger partial charge in [-0.1, -0.05) is 5.92 Å². The first-order valence-corrected chi connectivity index (χ1v) is 9.98. The SMILES string of the molecule is C#Cc1cn([C@@H]2O[C@H](COP(=O)(O)O)[C@@H](OP(=O)(O)O)[C@H]2O)c(=O)[nH]c1=O. The highest BCUT2D eigenvalue weighted by Gasteiger charge is 2.49. The summed E-state index contributed by atoms with van der Waals surface area (Å²) in [7, 11) is -10.2. The molecule has 1 saturated heterocycles. The monoisotopic (exact) mass is 428 g/mol. The Kier molecular flexibility index (Phi) is 6.25. The minimum atomic E-state index is -5.17. The zero-order chi connectivity index (χ0) is 20.6. The van der Waals surface area contributed by atoms with Gasteiger partial charge >= 0.3 is 21.3 Å². The molecule has 0 aromatic carbocycles. The second-order valence-electron chi connectivity index (χ2n) is 5.26. The van der Waals surface area contributed by atoms with Crippen LogP contribution in [0.2, 0.25) is 0 Å². The van der Waals surface area contributed by atoms with Gasteiger partial charge < -0.3 is 29.4 Å². The topological polar surface area (TPSA) is 218 Å². The molecule has 1 fully saturated rings. The molecule has 1 aliphatic rings. The molecule has 2 rings (SSSR count). The molecule has 14 nitrogen and oxygen atoms in total. The van der Waals surface area contributed by atoms with Crippen molar-refractivity contribution >= 4 is 15.6 Å². The highest BCUT2D eigenvalue weighted by Crippen LogP contribution is 2.45. The van der Waals surface area contributed by atoms with Crippen molar-refractivity contribution in [2.24, 2.45) is 0 Å². The van der Waals surface area contributed by atoms with Gasteiger partial charge in [-0.3, -0.25) is 23.4 Å². The Hall–Kier alpha value is -1.62. The van der Waals surface area contributed by atoms with Crippen LogP contribution in [-0.4, -0.2) is 59.2 Å². The van der Waals surface area contributed by atoms with Crippen LogP contribution in [0.4, 0.5) is 0 Å². The van der Waals surface area contributed by atoms with Crippen molar-refractivity contribution in [3.8, 4) is 12.3 Å². The summed E-state index contributed by atoms with van der Waals surface area (Å²) >= 11 is 0. The molecule has 0 unspecified atom stereocenters. The number of nitrogens with one attached hydrogen (secondary N) is 1. The highest BCUT2D eigenvalue weighted by molar-refractivity contribution is 7.46. The van der Waals surface area contributed by atoms with E-state index < -0.39 is 58.0 Å². The fourth-order valence-electron chi connectivity index (χ4n) is 2.32. The van der Waals surface area contributed by atoms with Gasteiger partial charge in [0, 0.05) is 6.20 Å². The van der Waals surface area contributed by atoms with Gasteiger partial charge in [0.25, 0.3) is 5.56 Å². The Morgan fingerprint density at radius 1 is 1.26 bits per heavy atom. The van der Waals surface area contributed by atoms with E-state index in [1.165, 1.54) is 0 Å². The number of aliphatic hydroxyl groups excluding tert-OH is 1. The highest BCUT2D eigenvalue weighted by atomic mass is 31.2. The Bertz CT molecular complexity index is 951. The maximum Gasteiger partial charge on any atom is 0.470 e. The molecule has 27 heavy (non-hydrogen) atoms. The molecule has 2 heterocycles. The number of rotatable bonds is 6. The molecule has 0 bridgehead atoms. The van der Waals surface area contributed by atoms with Crippen LogP contribution < -0.4 is 11.2 Å². The summed E-state index contributed by atoms with van der Waals surface area (Å²) in [6.07, 6.45) is -1.03. The predicted molar refractivity (Wildman–Crippen MR) is 84.1 cm³/mol. The molecular formula is C11H14N2O12P2. The molecule has 150 valence electrons. The van der Waals surface area contributed by atoms with E-state index in [0.717, 1.165) is 6.20 Å². The summed E-state index contributed by atoms with van der Waals surface area (Å²) in [6, 6.07) is 0. The molecule has 0 saturated carbocycles. The molecule has 0 aliphatic carbocycles. The van der Waals surface area contributed by atoms with E-state index in [1.807, 2.05) is 10.9 Å². The number of terminal acetylenes is 1. The molecule has 0 radical (unpaired) electrons. The molecular weight excluding hydrogens is 414 g/mol. The first-order chi connectivity index (χ1) is 12.3. The lowest BCUT2D eigenvalue weighted by molar-refractivity contribution is -0.0542. The Morgan fingerprint density at radius 3 is 2.41 bits per heavy atom. The van der Waals surface area contributed by atoms with E-state index in [1.54, 1.807) is 0 Å². The van der Waals surface area contributed by atoms with Gasteiger partial charge in [0.1, 0.15) is 23.9 Å². The minimum Gasteiger partial charge on any atom is -0.386 e. The van der Waals surface area contributed by atoms with Crippen LogP contribution >= 0.6 is 15.6 Å². The maximum atomic E-state index is 12.0. The third kappa shape index (κ3) is 5.44. The summed E-state index contributed by atoms with van der Waals surface area (Å²) in [5, 5.41) is 10.3. The summed E-state index contributed by atoms with van der Waals surface area (Å²) in [6.45, 7) is -0.942. The average molecular weight is 428 g/mol. The molecule has 6 N–H and O–H groups in total. The van der Waals surface area contributed by atoms with Gasteiger partial charge in [0.05, 0.1) is 6.61 Å². The van der Waals surface area contributed by atoms with Crippen molar-refractivity contribution in [1.82, 2.24) is 9.55 Å². The van der Waals surface area contributed by atoms with Crippen LogP contribution in [0.15, 0.2) is 15.8 Å². The molecule has 4 atom stereocenters. The Labute approximate surface area is 149 Å². The lowest BCUT2D eigenvalue weighted by Crippen LogP contribution is -2.39. The number of hydrogen-bond acceptors (Lipinski definition) is 8. The lowest BCUT2D eigenvalue weighted by Gasteiger charge is -2.21. The molecule has 0 amide bonds. The predicted octanol–water partition coefficient (Wildman–Crippen LogP) is -2.64. The summed E-state index contributed by atoms with van der Waals surface area (Å²) < 4.78 is 36.4. The van der Waals surface area contributed by atoms with Crippen LogP contribution in [0.25, 0.3) is 0 Å². The number of aromatic amines is 1. The van der Waals surface area contributed by atoms with E-state index in [4.69, 9.17) is 30.7 Å².